The molecule has 2 aromatic carbocycles. The SMILES string of the molecule is Nc1ccccc1/C=C/N1N=CC=Cc2ccccc21. The maximum atomic E-state index is 5.94. The van der Waals surface area contributed by atoms with Crippen LogP contribution in [-0.4, -0.2) is 6.21 Å². The van der Waals surface area contributed by atoms with Crippen LogP contribution in [-0.2, 0) is 0 Å². The molecule has 20 heavy (non-hydrogen) atoms. The molecule has 3 heteroatoms. The highest BCUT2D eigenvalue weighted by molar-refractivity contribution is 5.85. The van der Waals surface area contributed by atoms with E-state index in [0.29, 0.717) is 0 Å². The highest BCUT2D eigenvalue weighted by Gasteiger charge is 2.07. The third kappa shape index (κ3) is 2.47. The molecule has 3 nitrogen and oxygen atoms in total. The Bertz CT molecular complexity index is 699. The highest BCUT2D eigenvalue weighted by atomic mass is 15.4. The predicted molar refractivity (Wildman–Crippen MR) is 86.3 cm³/mol. The first kappa shape index (κ1) is 12.2. The minimum atomic E-state index is 0.758. The normalized spacial score (nSPS) is 13.5. The summed E-state index contributed by atoms with van der Waals surface area (Å²) in [4.78, 5) is 0. The zero-order chi connectivity index (χ0) is 13.8. The number of nitrogens with two attached hydrogens (primary N) is 1. The first-order valence-electron chi connectivity index (χ1n) is 6.46. The molecule has 0 amide bonds. The molecule has 0 bridgehead atoms. The number of allylic oxidation sites excluding steroid dienone is 1. The van der Waals surface area contributed by atoms with Crippen LogP contribution in [0.5, 0.6) is 0 Å². The number of hydrogen-bond acceptors (Lipinski definition) is 3. The molecule has 0 radical (unpaired) electrons. The molecule has 2 N–H and O–H groups in total. The number of benzene rings is 2. The summed E-state index contributed by atoms with van der Waals surface area (Å²) < 4.78 is 0. The molecule has 0 atom stereocenters. The van der Waals surface area contributed by atoms with Crippen molar-refractivity contribution < 1.29 is 0 Å². The molecule has 3 rings (SSSR count). The van der Waals surface area contributed by atoms with Crippen LogP contribution in [0.2, 0.25) is 0 Å². The van der Waals surface area contributed by atoms with Gasteiger partial charge in [-0.1, -0.05) is 42.5 Å². The van der Waals surface area contributed by atoms with Crippen molar-refractivity contribution in [3.05, 3.63) is 71.9 Å². The lowest BCUT2D eigenvalue weighted by molar-refractivity contribution is 1.09. The number of anilines is 2. The van der Waals surface area contributed by atoms with E-state index >= 15 is 0 Å². The average molecular weight is 261 g/mol. The Balaban J connectivity index is 1.94. The number of hydrogen-bond donors (Lipinski definition) is 1. The zero-order valence-electron chi connectivity index (χ0n) is 11.0. The molecular formula is C17H15N3. The van der Waals surface area contributed by atoms with Gasteiger partial charge in [0.15, 0.2) is 0 Å². The van der Waals surface area contributed by atoms with Gasteiger partial charge in [-0.05, 0) is 29.8 Å². The number of hydrazone groups is 1. The molecular weight excluding hydrogens is 246 g/mol. The summed E-state index contributed by atoms with van der Waals surface area (Å²) in [7, 11) is 0. The molecule has 98 valence electrons. The van der Waals surface area contributed by atoms with Crippen molar-refractivity contribution >= 4 is 29.7 Å². The summed E-state index contributed by atoms with van der Waals surface area (Å²) in [6.07, 6.45) is 9.65. The molecule has 1 aliphatic heterocycles. The maximum absolute atomic E-state index is 5.94. The molecule has 0 saturated heterocycles. The van der Waals surface area contributed by atoms with Crippen molar-refractivity contribution in [2.45, 2.75) is 0 Å². The highest BCUT2D eigenvalue weighted by Crippen LogP contribution is 2.24. The van der Waals surface area contributed by atoms with Gasteiger partial charge in [0, 0.05) is 23.7 Å². The van der Waals surface area contributed by atoms with Gasteiger partial charge >= 0.3 is 0 Å². The first-order valence-corrected chi connectivity index (χ1v) is 6.46. The van der Waals surface area contributed by atoms with Gasteiger partial charge in [-0.2, -0.15) is 5.10 Å². The van der Waals surface area contributed by atoms with E-state index < -0.39 is 0 Å². The Morgan fingerprint density at radius 2 is 1.80 bits per heavy atom. The number of fused-ring (bicyclic) bond motifs is 1. The molecule has 0 spiro atoms. The summed E-state index contributed by atoms with van der Waals surface area (Å²) in [5.74, 6) is 0. The third-order valence-corrected chi connectivity index (χ3v) is 3.13. The lowest BCUT2D eigenvalue weighted by Crippen LogP contribution is -2.07. The summed E-state index contributed by atoms with van der Waals surface area (Å²) in [6, 6.07) is 15.9. The number of rotatable bonds is 2. The summed E-state index contributed by atoms with van der Waals surface area (Å²) in [5, 5.41) is 6.25. The van der Waals surface area contributed by atoms with Gasteiger partial charge in [-0.25, -0.2) is 5.01 Å². The standard InChI is InChI=1S/C17H15N3/c18-16-9-3-1-6-14(16)11-13-20-17-10-4-2-7-15(17)8-5-12-19-20/h1-13H,18H2/b13-11+. The zero-order valence-corrected chi connectivity index (χ0v) is 11.0. The Hall–Kier alpha value is -2.81. The van der Waals surface area contributed by atoms with Crippen molar-refractivity contribution in [3.8, 4) is 0 Å². The van der Waals surface area contributed by atoms with E-state index in [0.717, 1.165) is 22.5 Å². The third-order valence-electron chi connectivity index (χ3n) is 3.13. The second-order valence-electron chi connectivity index (χ2n) is 4.47. The predicted octanol–water partition coefficient (Wildman–Crippen LogP) is 3.76. The van der Waals surface area contributed by atoms with Crippen molar-refractivity contribution in [1.29, 1.82) is 0 Å². The van der Waals surface area contributed by atoms with E-state index in [9.17, 15) is 0 Å². The summed E-state index contributed by atoms with van der Waals surface area (Å²) in [6.45, 7) is 0. The van der Waals surface area contributed by atoms with Gasteiger partial charge in [0.25, 0.3) is 0 Å². The Kier molecular flexibility index (Phi) is 3.33. The lowest BCUT2D eigenvalue weighted by Gasteiger charge is -2.15. The molecule has 1 aliphatic rings. The fourth-order valence-electron chi connectivity index (χ4n) is 2.09. The number of nitrogens with zero attached hydrogens (tertiary/aromatic N) is 2. The minimum absolute atomic E-state index is 0.758. The van der Waals surface area contributed by atoms with Crippen LogP contribution in [0.15, 0.2) is 65.9 Å². The van der Waals surface area contributed by atoms with Crippen LogP contribution >= 0.6 is 0 Å². The lowest BCUT2D eigenvalue weighted by atomic mass is 10.1. The van der Waals surface area contributed by atoms with Crippen molar-refractivity contribution in [2.75, 3.05) is 10.7 Å². The van der Waals surface area contributed by atoms with Gasteiger partial charge in [0.1, 0.15) is 0 Å². The van der Waals surface area contributed by atoms with Gasteiger partial charge in [0.2, 0.25) is 0 Å². The molecule has 2 aromatic rings. The second kappa shape index (κ2) is 5.45. The smallest absolute Gasteiger partial charge is 0.0717 e. The topological polar surface area (TPSA) is 41.6 Å². The molecule has 0 aliphatic carbocycles. The van der Waals surface area contributed by atoms with Crippen LogP contribution in [0, 0.1) is 0 Å². The monoisotopic (exact) mass is 261 g/mol. The van der Waals surface area contributed by atoms with E-state index in [1.54, 1.807) is 6.21 Å². The molecule has 0 aromatic heterocycles. The van der Waals surface area contributed by atoms with E-state index in [4.69, 9.17) is 5.73 Å². The second-order valence-corrected chi connectivity index (χ2v) is 4.47. The van der Waals surface area contributed by atoms with Gasteiger partial charge in [-0.15, -0.1) is 0 Å². The van der Waals surface area contributed by atoms with Gasteiger partial charge in [0.05, 0.1) is 5.69 Å². The molecule has 0 fully saturated rings. The quantitative estimate of drug-likeness (QED) is 0.836. The van der Waals surface area contributed by atoms with Crippen LogP contribution in [0.3, 0.4) is 0 Å². The average Bonchev–Trinajstić information content (AvgIpc) is 2.69. The molecule has 0 saturated carbocycles. The van der Waals surface area contributed by atoms with Gasteiger partial charge < -0.3 is 5.73 Å². The van der Waals surface area contributed by atoms with E-state index in [1.165, 1.54) is 0 Å². The first-order chi connectivity index (χ1) is 9.84. The maximum Gasteiger partial charge on any atom is 0.0717 e. The van der Waals surface area contributed by atoms with Crippen molar-refractivity contribution in [1.82, 2.24) is 0 Å². The fourth-order valence-corrected chi connectivity index (χ4v) is 2.09. The van der Waals surface area contributed by atoms with Crippen LogP contribution in [0.25, 0.3) is 12.2 Å². The molecule has 0 unspecified atom stereocenters. The minimum Gasteiger partial charge on any atom is -0.398 e. The van der Waals surface area contributed by atoms with E-state index in [-0.39, 0.29) is 0 Å². The van der Waals surface area contributed by atoms with Crippen LogP contribution in [0.1, 0.15) is 11.1 Å². The van der Waals surface area contributed by atoms with Crippen molar-refractivity contribution in [3.63, 3.8) is 0 Å². The van der Waals surface area contributed by atoms with Gasteiger partial charge in [-0.3, -0.25) is 0 Å². The summed E-state index contributed by atoms with van der Waals surface area (Å²) >= 11 is 0. The Labute approximate surface area is 118 Å². The Morgan fingerprint density at radius 3 is 2.70 bits per heavy atom. The number of nitrogen functional groups attached to an aromatic ring is 1. The summed E-state index contributed by atoms with van der Waals surface area (Å²) in [5.41, 5.74) is 9.86. The molecule has 1 heterocycles. The number of para-hydroxylation sites is 2. The van der Waals surface area contributed by atoms with Crippen LogP contribution in [0.4, 0.5) is 11.4 Å². The Morgan fingerprint density at radius 1 is 1.00 bits per heavy atom. The largest absolute Gasteiger partial charge is 0.398 e. The fraction of sp³-hybridized carbons (Fsp3) is 0. The van der Waals surface area contributed by atoms with Crippen molar-refractivity contribution in [2.24, 2.45) is 5.10 Å². The van der Waals surface area contributed by atoms with E-state index in [2.05, 4.69) is 11.2 Å². The van der Waals surface area contributed by atoms with E-state index in [1.807, 2.05) is 71.9 Å². The van der Waals surface area contributed by atoms with Crippen LogP contribution < -0.4 is 10.7 Å².